The Kier molecular flexibility index (Phi) is 2.67. The molecule has 1 aromatic heterocycles. The van der Waals surface area contributed by atoms with Crippen LogP contribution in [-0.2, 0) is 6.54 Å². The standard InChI is InChI=1S/C12H12N2O3/c1-3-13-8(2)6-12(15)10-7-9(14(16)17)4-5-11(10)13/h4-7H,3H2,1-2H3. The van der Waals surface area contributed by atoms with E-state index in [-0.39, 0.29) is 11.1 Å². The lowest BCUT2D eigenvalue weighted by atomic mass is 10.1. The summed E-state index contributed by atoms with van der Waals surface area (Å²) in [7, 11) is 0. The summed E-state index contributed by atoms with van der Waals surface area (Å²) in [5.74, 6) is 0. The normalized spacial score (nSPS) is 10.7. The molecule has 17 heavy (non-hydrogen) atoms. The van der Waals surface area contributed by atoms with Crippen molar-refractivity contribution in [2.24, 2.45) is 0 Å². The van der Waals surface area contributed by atoms with E-state index in [2.05, 4.69) is 0 Å². The van der Waals surface area contributed by atoms with Crippen molar-refractivity contribution in [3.8, 4) is 0 Å². The van der Waals surface area contributed by atoms with Gasteiger partial charge in [0.2, 0.25) is 0 Å². The predicted octanol–water partition coefficient (Wildman–Crippen LogP) is 2.24. The Morgan fingerprint density at radius 1 is 1.35 bits per heavy atom. The number of non-ortho nitro benzene ring substituents is 1. The first-order chi connectivity index (χ1) is 8.04. The molecule has 1 aromatic carbocycles. The van der Waals surface area contributed by atoms with Crippen LogP contribution in [0.4, 0.5) is 5.69 Å². The molecule has 0 fully saturated rings. The number of benzene rings is 1. The molecule has 5 heteroatoms. The zero-order valence-corrected chi connectivity index (χ0v) is 9.64. The van der Waals surface area contributed by atoms with Gasteiger partial charge in [0.25, 0.3) is 5.69 Å². The van der Waals surface area contributed by atoms with Gasteiger partial charge in [0.1, 0.15) is 0 Å². The van der Waals surface area contributed by atoms with E-state index in [1.165, 1.54) is 18.2 Å². The second-order valence-electron chi connectivity index (χ2n) is 3.85. The average Bonchev–Trinajstić information content (AvgIpc) is 2.29. The lowest BCUT2D eigenvalue weighted by Crippen LogP contribution is -2.11. The maximum Gasteiger partial charge on any atom is 0.270 e. The van der Waals surface area contributed by atoms with Gasteiger partial charge in [0.05, 0.1) is 15.8 Å². The Hall–Kier alpha value is -2.17. The summed E-state index contributed by atoms with van der Waals surface area (Å²) in [6, 6.07) is 5.90. The summed E-state index contributed by atoms with van der Waals surface area (Å²) in [6.45, 7) is 4.55. The molecule has 0 atom stereocenters. The van der Waals surface area contributed by atoms with Gasteiger partial charge in [-0.25, -0.2) is 0 Å². The van der Waals surface area contributed by atoms with Gasteiger partial charge in [-0.1, -0.05) is 0 Å². The van der Waals surface area contributed by atoms with Crippen LogP contribution in [0.3, 0.4) is 0 Å². The second-order valence-corrected chi connectivity index (χ2v) is 3.85. The summed E-state index contributed by atoms with van der Waals surface area (Å²) in [6.07, 6.45) is 0. The van der Waals surface area contributed by atoms with E-state index in [1.807, 2.05) is 18.4 Å². The quantitative estimate of drug-likeness (QED) is 0.589. The van der Waals surface area contributed by atoms with E-state index >= 15 is 0 Å². The highest BCUT2D eigenvalue weighted by Crippen LogP contribution is 2.19. The molecule has 0 saturated heterocycles. The van der Waals surface area contributed by atoms with Crippen LogP contribution < -0.4 is 5.43 Å². The minimum absolute atomic E-state index is 0.0545. The number of nitro benzene ring substituents is 1. The number of hydrogen-bond donors (Lipinski definition) is 0. The smallest absolute Gasteiger partial charge is 0.270 e. The van der Waals surface area contributed by atoms with Crippen LogP contribution in [0.25, 0.3) is 10.9 Å². The van der Waals surface area contributed by atoms with Crippen molar-refractivity contribution < 1.29 is 4.92 Å². The lowest BCUT2D eigenvalue weighted by Gasteiger charge is -2.11. The van der Waals surface area contributed by atoms with Crippen LogP contribution >= 0.6 is 0 Å². The van der Waals surface area contributed by atoms with Crippen LogP contribution in [0.15, 0.2) is 29.1 Å². The number of aryl methyl sites for hydroxylation is 2. The van der Waals surface area contributed by atoms with Crippen molar-refractivity contribution in [2.45, 2.75) is 20.4 Å². The summed E-state index contributed by atoms with van der Waals surface area (Å²) < 4.78 is 1.96. The Balaban J connectivity index is 2.88. The topological polar surface area (TPSA) is 65.1 Å². The highest BCUT2D eigenvalue weighted by Gasteiger charge is 2.11. The van der Waals surface area contributed by atoms with Crippen LogP contribution in [0.1, 0.15) is 12.6 Å². The SMILES string of the molecule is CCn1c(C)cc(=O)c2cc([N+](=O)[O-])ccc21. The molecule has 0 radical (unpaired) electrons. The van der Waals surface area contributed by atoms with Gasteiger partial charge < -0.3 is 4.57 Å². The highest BCUT2D eigenvalue weighted by atomic mass is 16.6. The predicted molar refractivity (Wildman–Crippen MR) is 65.3 cm³/mol. The molecule has 2 rings (SSSR count). The first kappa shape index (κ1) is 11.3. The van der Waals surface area contributed by atoms with Crippen molar-refractivity contribution in [3.63, 3.8) is 0 Å². The number of pyridine rings is 1. The van der Waals surface area contributed by atoms with Crippen molar-refractivity contribution in [1.82, 2.24) is 4.57 Å². The summed E-state index contributed by atoms with van der Waals surface area (Å²) in [4.78, 5) is 22.0. The van der Waals surface area contributed by atoms with Gasteiger partial charge in [-0.15, -0.1) is 0 Å². The summed E-state index contributed by atoms with van der Waals surface area (Å²) in [5.41, 5.74) is 1.37. The third-order valence-electron chi connectivity index (χ3n) is 2.83. The maximum absolute atomic E-state index is 11.8. The molecule has 0 aliphatic carbocycles. The number of aromatic nitrogens is 1. The molecule has 0 saturated carbocycles. The van der Waals surface area contributed by atoms with E-state index in [4.69, 9.17) is 0 Å². The molecule has 0 unspecified atom stereocenters. The first-order valence-corrected chi connectivity index (χ1v) is 5.33. The van der Waals surface area contributed by atoms with Gasteiger partial charge in [-0.05, 0) is 19.9 Å². The maximum atomic E-state index is 11.8. The van der Waals surface area contributed by atoms with Crippen molar-refractivity contribution in [2.75, 3.05) is 0 Å². The lowest BCUT2D eigenvalue weighted by molar-refractivity contribution is -0.384. The number of hydrogen-bond acceptors (Lipinski definition) is 3. The summed E-state index contributed by atoms with van der Waals surface area (Å²) >= 11 is 0. The Morgan fingerprint density at radius 3 is 2.65 bits per heavy atom. The molecular formula is C12H12N2O3. The largest absolute Gasteiger partial charge is 0.345 e. The molecule has 88 valence electrons. The van der Waals surface area contributed by atoms with E-state index in [9.17, 15) is 14.9 Å². The molecule has 5 nitrogen and oxygen atoms in total. The van der Waals surface area contributed by atoms with Gasteiger partial charge in [0, 0.05) is 30.4 Å². The van der Waals surface area contributed by atoms with Crippen LogP contribution in [-0.4, -0.2) is 9.49 Å². The minimum atomic E-state index is -0.491. The molecule has 1 heterocycles. The third-order valence-corrected chi connectivity index (χ3v) is 2.83. The van der Waals surface area contributed by atoms with E-state index < -0.39 is 4.92 Å². The highest BCUT2D eigenvalue weighted by molar-refractivity contribution is 5.81. The van der Waals surface area contributed by atoms with Gasteiger partial charge in [-0.3, -0.25) is 14.9 Å². The van der Waals surface area contributed by atoms with E-state index in [0.717, 1.165) is 17.8 Å². The molecule has 0 spiro atoms. The fraction of sp³-hybridized carbons (Fsp3) is 0.250. The molecule has 2 aromatic rings. The van der Waals surface area contributed by atoms with Crippen LogP contribution in [0, 0.1) is 17.0 Å². The van der Waals surface area contributed by atoms with Crippen molar-refractivity contribution >= 4 is 16.6 Å². The molecule has 0 aliphatic heterocycles. The monoisotopic (exact) mass is 232 g/mol. The zero-order valence-electron chi connectivity index (χ0n) is 9.64. The molecular weight excluding hydrogens is 220 g/mol. The van der Waals surface area contributed by atoms with Gasteiger partial charge in [-0.2, -0.15) is 0 Å². The Labute approximate surface area is 97.5 Å². The fourth-order valence-electron chi connectivity index (χ4n) is 2.03. The number of nitrogens with zero attached hydrogens (tertiary/aromatic N) is 2. The van der Waals surface area contributed by atoms with Crippen LogP contribution in [0.2, 0.25) is 0 Å². The second kappa shape index (κ2) is 4.01. The third kappa shape index (κ3) is 1.80. The fourth-order valence-corrected chi connectivity index (χ4v) is 2.03. The Morgan fingerprint density at radius 2 is 2.06 bits per heavy atom. The molecule has 0 amide bonds. The van der Waals surface area contributed by atoms with Crippen LogP contribution in [0.5, 0.6) is 0 Å². The number of nitro groups is 1. The van der Waals surface area contributed by atoms with E-state index in [1.54, 1.807) is 6.07 Å². The molecule has 0 N–H and O–H groups in total. The van der Waals surface area contributed by atoms with Gasteiger partial charge in [0.15, 0.2) is 5.43 Å². The molecule has 0 aliphatic rings. The number of fused-ring (bicyclic) bond motifs is 1. The zero-order chi connectivity index (χ0) is 12.6. The minimum Gasteiger partial charge on any atom is -0.345 e. The van der Waals surface area contributed by atoms with Gasteiger partial charge >= 0.3 is 0 Å². The van der Waals surface area contributed by atoms with Crippen molar-refractivity contribution in [3.05, 3.63) is 50.3 Å². The number of rotatable bonds is 2. The van der Waals surface area contributed by atoms with Crippen molar-refractivity contribution in [1.29, 1.82) is 0 Å². The van der Waals surface area contributed by atoms with E-state index in [0.29, 0.717) is 5.39 Å². The summed E-state index contributed by atoms with van der Waals surface area (Å²) in [5, 5.41) is 11.1. The first-order valence-electron chi connectivity index (χ1n) is 5.33. The average molecular weight is 232 g/mol. The molecule has 0 bridgehead atoms. The Bertz CT molecular complexity index is 659.